The molecule has 2 N–H and O–H groups in total. The summed E-state index contributed by atoms with van der Waals surface area (Å²) in [5.74, 6) is 0. The summed E-state index contributed by atoms with van der Waals surface area (Å²) >= 11 is 0. The van der Waals surface area contributed by atoms with Crippen molar-refractivity contribution in [1.82, 2.24) is 10.2 Å². The number of hydrogen-bond donors (Lipinski definition) is 2. The van der Waals surface area contributed by atoms with E-state index in [2.05, 4.69) is 24.2 Å². The molecule has 0 radical (unpaired) electrons. The fourth-order valence-electron chi connectivity index (χ4n) is 1.42. The lowest BCUT2D eigenvalue weighted by atomic mass is 10.3. The summed E-state index contributed by atoms with van der Waals surface area (Å²) < 4.78 is 10.4. The number of hydrogen-bond acceptors (Lipinski definition) is 5. The van der Waals surface area contributed by atoms with Crippen molar-refractivity contribution < 1.29 is 14.6 Å². The lowest BCUT2D eigenvalue weighted by Gasteiger charge is -2.17. The minimum absolute atomic E-state index is 0.411. The zero-order chi connectivity index (χ0) is 13.6. The second-order valence-electron chi connectivity index (χ2n) is 4.58. The monoisotopic (exact) mass is 262 g/mol. The Labute approximate surface area is 111 Å². The molecule has 0 aromatic rings. The van der Waals surface area contributed by atoms with E-state index in [0.717, 1.165) is 45.7 Å². The van der Waals surface area contributed by atoms with E-state index >= 15 is 0 Å². The summed E-state index contributed by atoms with van der Waals surface area (Å²) in [5.41, 5.74) is 0. The van der Waals surface area contributed by atoms with Crippen LogP contribution in [0.1, 0.15) is 19.8 Å². The molecule has 0 heterocycles. The first kappa shape index (κ1) is 17.8. The van der Waals surface area contributed by atoms with Crippen LogP contribution in [-0.2, 0) is 9.47 Å². The Hall–Kier alpha value is -0.200. The van der Waals surface area contributed by atoms with Crippen molar-refractivity contribution in [1.29, 1.82) is 0 Å². The topological polar surface area (TPSA) is 54.0 Å². The van der Waals surface area contributed by atoms with Crippen molar-refractivity contribution in [2.75, 3.05) is 60.2 Å². The summed E-state index contributed by atoms with van der Waals surface area (Å²) in [6, 6.07) is 0. The molecular weight excluding hydrogens is 232 g/mol. The third-order valence-corrected chi connectivity index (χ3v) is 2.68. The van der Waals surface area contributed by atoms with E-state index in [1.165, 1.54) is 0 Å². The van der Waals surface area contributed by atoms with Gasteiger partial charge < -0.3 is 24.8 Å². The molecule has 0 aliphatic carbocycles. The van der Waals surface area contributed by atoms with E-state index in [1.54, 1.807) is 7.11 Å². The van der Waals surface area contributed by atoms with Crippen molar-refractivity contribution >= 4 is 0 Å². The maximum Gasteiger partial charge on any atom is 0.0897 e. The molecule has 1 unspecified atom stereocenters. The van der Waals surface area contributed by atoms with E-state index in [4.69, 9.17) is 9.47 Å². The van der Waals surface area contributed by atoms with E-state index in [1.807, 2.05) is 0 Å². The molecule has 0 bridgehead atoms. The lowest BCUT2D eigenvalue weighted by Crippen LogP contribution is -2.36. The third-order valence-electron chi connectivity index (χ3n) is 2.68. The number of methoxy groups -OCH3 is 1. The molecule has 0 rings (SSSR count). The average molecular weight is 262 g/mol. The van der Waals surface area contributed by atoms with Crippen LogP contribution in [0.3, 0.4) is 0 Å². The Morgan fingerprint density at radius 3 is 2.72 bits per heavy atom. The number of ether oxygens (including phenoxy) is 2. The van der Waals surface area contributed by atoms with Crippen LogP contribution in [0.2, 0.25) is 0 Å². The molecule has 0 amide bonds. The fourth-order valence-corrected chi connectivity index (χ4v) is 1.42. The van der Waals surface area contributed by atoms with Gasteiger partial charge in [0.2, 0.25) is 0 Å². The SMILES string of the molecule is CCCCOCC(O)CNCCN(C)CCOC. The molecule has 0 aromatic carbocycles. The number of aliphatic hydroxyl groups is 1. The van der Waals surface area contributed by atoms with Crippen LogP contribution >= 0.6 is 0 Å². The molecule has 0 aliphatic rings. The van der Waals surface area contributed by atoms with Crippen LogP contribution in [0, 0.1) is 0 Å². The van der Waals surface area contributed by atoms with Crippen LogP contribution in [0.4, 0.5) is 0 Å². The standard InChI is InChI=1S/C13H30N2O3/c1-4-5-9-18-12-13(16)11-14-6-7-15(2)8-10-17-3/h13-14,16H,4-12H2,1-3H3. The Bertz CT molecular complexity index is 170. The molecule has 0 fully saturated rings. The number of likely N-dealkylation sites (N-methyl/N-ethyl adjacent to an activating group) is 1. The van der Waals surface area contributed by atoms with Crippen LogP contribution in [-0.4, -0.2) is 76.3 Å². The van der Waals surface area contributed by atoms with Gasteiger partial charge in [-0.1, -0.05) is 13.3 Å². The van der Waals surface area contributed by atoms with Gasteiger partial charge in [0.05, 0.1) is 19.3 Å². The summed E-state index contributed by atoms with van der Waals surface area (Å²) in [5, 5.41) is 12.9. The average Bonchev–Trinajstić information content (AvgIpc) is 2.37. The van der Waals surface area contributed by atoms with E-state index in [9.17, 15) is 5.11 Å². The number of rotatable bonds is 13. The minimum Gasteiger partial charge on any atom is -0.389 e. The molecule has 1 atom stereocenters. The highest BCUT2D eigenvalue weighted by atomic mass is 16.5. The van der Waals surface area contributed by atoms with Crippen LogP contribution < -0.4 is 5.32 Å². The first-order valence-corrected chi connectivity index (χ1v) is 6.84. The van der Waals surface area contributed by atoms with Crippen molar-refractivity contribution in [2.45, 2.75) is 25.9 Å². The molecule has 0 spiro atoms. The Balaban J connectivity index is 3.26. The van der Waals surface area contributed by atoms with E-state index in [-0.39, 0.29) is 0 Å². The van der Waals surface area contributed by atoms with Gasteiger partial charge >= 0.3 is 0 Å². The molecule has 5 heteroatoms. The predicted octanol–water partition coefficient (Wildman–Crippen LogP) is 0.332. The molecule has 0 saturated heterocycles. The molecule has 5 nitrogen and oxygen atoms in total. The van der Waals surface area contributed by atoms with E-state index in [0.29, 0.717) is 13.2 Å². The summed E-state index contributed by atoms with van der Waals surface area (Å²) in [6.45, 7) is 7.38. The summed E-state index contributed by atoms with van der Waals surface area (Å²) in [4.78, 5) is 2.20. The van der Waals surface area contributed by atoms with Gasteiger partial charge in [0.1, 0.15) is 0 Å². The largest absolute Gasteiger partial charge is 0.389 e. The number of nitrogens with one attached hydrogen (secondary N) is 1. The highest BCUT2D eigenvalue weighted by Gasteiger charge is 2.03. The van der Waals surface area contributed by atoms with Gasteiger partial charge in [-0.15, -0.1) is 0 Å². The second-order valence-corrected chi connectivity index (χ2v) is 4.58. The van der Waals surface area contributed by atoms with Crippen LogP contribution in [0.15, 0.2) is 0 Å². The highest BCUT2D eigenvalue weighted by Crippen LogP contribution is 1.90. The number of unbranched alkanes of at least 4 members (excludes halogenated alkanes) is 1. The maximum atomic E-state index is 9.63. The lowest BCUT2D eigenvalue weighted by molar-refractivity contribution is 0.0357. The van der Waals surface area contributed by atoms with Gasteiger partial charge in [0.25, 0.3) is 0 Å². The van der Waals surface area contributed by atoms with Crippen LogP contribution in [0.25, 0.3) is 0 Å². The Morgan fingerprint density at radius 2 is 2.06 bits per heavy atom. The molecule has 0 aromatic heterocycles. The molecule has 18 heavy (non-hydrogen) atoms. The van der Waals surface area contributed by atoms with Crippen molar-refractivity contribution in [3.8, 4) is 0 Å². The minimum atomic E-state index is -0.411. The fraction of sp³-hybridized carbons (Fsp3) is 1.00. The number of nitrogens with zero attached hydrogens (tertiary/aromatic N) is 1. The van der Waals surface area contributed by atoms with Gasteiger partial charge in [-0.2, -0.15) is 0 Å². The van der Waals surface area contributed by atoms with Gasteiger partial charge in [0, 0.05) is 39.9 Å². The van der Waals surface area contributed by atoms with E-state index < -0.39 is 6.10 Å². The molecular formula is C13H30N2O3. The Kier molecular flexibility index (Phi) is 13.1. The zero-order valence-electron chi connectivity index (χ0n) is 12.2. The molecule has 110 valence electrons. The highest BCUT2D eigenvalue weighted by molar-refractivity contribution is 4.60. The third kappa shape index (κ3) is 12.3. The summed E-state index contributed by atoms with van der Waals surface area (Å²) in [6.07, 6.45) is 1.78. The number of aliphatic hydroxyl groups excluding tert-OH is 1. The Morgan fingerprint density at radius 1 is 1.28 bits per heavy atom. The zero-order valence-corrected chi connectivity index (χ0v) is 12.2. The maximum absolute atomic E-state index is 9.63. The van der Waals surface area contributed by atoms with Crippen molar-refractivity contribution in [3.05, 3.63) is 0 Å². The van der Waals surface area contributed by atoms with Crippen molar-refractivity contribution in [2.24, 2.45) is 0 Å². The van der Waals surface area contributed by atoms with Gasteiger partial charge in [-0.3, -0.25) is 0 Å². The van der Waals surface area contributed by atoms with Gasteiger partial charge in [0.15, 0.2) is 0 Å². The first-order valence-electron chi connectivity index (χ1n) is 6.84. The normalized spacial score (nSPS) is 13.2. The molecule has 0 aliphatic heterocycles. The van der Waals surface area contributed by atoms with Gasteiger partial charge in [-0.25, -0.2) is 0 Å². The predicted molar refractivity (Wildman–Crippen MR) is 74.0 cm³/mol. The van der Waals surface area contributed by atoms with Crippen LogP contribution in [0.5, 0.6) is 0 Å². The van der Waals surface area contributed by atoms with Crippen molar-refractivity contribution in [3.63, 3.8) is 0 Å². The quantitative estimate of drug-likeness (QED) is 0.469. The second kappa shape index (κ2) is 13.2. The van der Waals surface area contributed by atoms with Gasteiger partial charge in [-0.05, 0) is 13.5 Å². The smallest absolute Gasteiger partial charge is 0.0897 e. The first-order chi connectivity index (χ1) is 8.70. The summed E-state index contributed by atoms with van der Waals surface area (Å²) in [7, 11) is 3.77. The molecule has 0 saturated carbocycles.